The molecule has 0 radical (unpaired) electrons. The molecule has 4 aromatic rings. The molecule has 1 amide bonds. The molecule has 0 atom stereocenters. The molecule has 2 heterocycles. The molecule has 0 saturated heterocycles. The first kappa shape index (κ1) is 21.1. The number of rotatable bonds is 6. The van der Waals surface area contributed by atoms with E-state index in [9.17, 15) is 4.79 Å². The Morgan fingerprint density at radius 1 is 0.970 bits per heavy atom. The summed E-state index contributed by atoms with van der Waals surface area (Å²) in [5.74, 6) is -0.183. The largest absolute Gasteiger partial charge is 0.354 e. The predicted octanol–water partition coefficient (Wildman–Crippen LogP) is 5.33. The fourth-order valence-corrected chi connectivity index (χ4v) is 4.08. The molecule has 0 saturated carbocycles. The summed E-state index contributed by atoms with van der Waals surface area (Å²) in [6.45, 7) is 3.81. The molecule has 6 nitrogen and oxygen atoms in total. The Hall–Kier alpha value is -3.74. The van der Waals surface area contributed by atoms with Crippen molar-refractivity contribution in [2.45, 2.75) is 13.5 Å². The van der Waals surface area contributed by atoms with Gasteiger partial charge in [-0.3, -0.25) is 14.8 Å². The number of anilines is 2. The molecule has 0 spiro atoms. The molecular weight excluding hydrogens is 434 g/mol. The van der Waals surface area contributed by atoms with Crippen molar-refractivity contribution >= 4 is 51.2 Å². The Morgan fingerprint density at radius 3 is 2.55 bits per heavy atom. The number of benzene rings is 3. The van der Waals surface area contributed by atoms with Crippen LogP contribution in [0.2, 0.25) is 5.02 Å². The van der Waals surface area contributed by atoms with Crippen LogP contribution in [0.5, 0.6) is 0 Å². The van der Waals surface area contributed by atoms with E-state index >= 15 is 0 Å². The lowest BCUT2D eigenvalue weighted by Gasteiger charge is -2.16. The Balaban J connectivity index is 1.63. The van der Waals surface area contributed by atoms with Crippen LogP contribution in [0.3, 0.4) is 0 Å². The highest BCUT2D eigenvalue weighted by molar-refractivity contribution is 6.38. The van der Waals surface area contributed by atoms with Crippen molar-refractivity contribution in [1.82, 2.24) is 15.3 Å². The summed E-state index contributed by atoms with van der Waals surface area (Å²) in [6, 6.07) is 19.4. The lowest BCUT2D eigenvalue weighted by atomic mass is 9.99. The van der Waals surface area contributed by atoms with Gasteiger partial charge in [0.25, 0.3) is 5.91 Å². The molecule has 1 aliphatic heterocycles. The van der Waals surface area contributed by atoms with Gasteiger partial charge in [-0.25, -0.2) is 0 Å². The minimum atomic E-state index is -0.183. The van der Waals surface area contributed by atoms with E-state index < -0.39 is 0 Å². The van der Waals surface area contributed by atoms with Gasteiger partial charge >= 0.3 is 0 Å². The molecular formula is C26H22ClN5O. The minimum absolute atomic E-state index is 0.183. The van der Waals surface area contributed by atoms with Gasteiger partial charge in [0.15, 0.2) is 0 Å². The zero-order valence-electron chi connectivity index (χ0n) is 18.0. The Labute approximate surface area is 196 Å². The first-order chi connectivity index (χ1) is 16.1. The van der Waals surface area contributed by atoms with E-state index in [0.29, 0.717) is 22.0 Å². The van der Waals surface area contributed by atoms with Crippen LogP contribution in [-0.2, 0) is 11.3 Å². The number of hydrogen-bond donors (Lipinski definition) is 3. The molecule has 0 aliphatic carbocycles. The molecule has 3 N–H and O–H groups in total. The van der Waals surface area contributed by atoms with Gasteiger partial charge in [-0.1, -0.05) is 42.8 Å². The van der Waals surface area contributed by atoms with Gasteiger partial charge in [0.05, 0.1) is 28.0 Å². The maximum absolute atomic E-state index is 13.1. The predicted molar refractivity (Wildman–Crippen MR) is 134 cm³/mol. The van der Waals surface area contributed by atoms with Crippen molar-refractivity contribution in [3.63, 3.8) is 0 Å². The number of halogens is 1. The molecule has 0 fully saturated rings. The highest BCUT2D eigenvalue weighted by Gasteiger charge is 2.28. The van der Waals surface area contributed by atoms with Gasteiger partial charge in [0.2, 0.25) is 0 Å². The van der Waals surface area contributed by atoms with E-state index in [1.807, 2.05) is 36.4 Å². The fourth-order valence-electron chi connectivity index (χ4n) is 3.91. The van der Waals surface area contributed by atoms with E-state index in [1.165, 1.54) is 5.56 Å². The lowest BCUT2D eigenvalue weighted by Crippen LogP contribution is -2.12. The summed E-state index contributed by atoms with van der Waals surface area (Å²) < 4.78 is 0. The Bertz CT molecular complexity index is 1380. The SMILES string of the molecule is CCNCc1ccc(NC(=C2C(=O)Nc3cc(Cl)ccc32)c2ccc3nccnc3c2)cc1. The van der Waals surface area contributed by atoms with Crippen LogP contribution in [-0.4, -0.2) is 22.4 Å². The van der Waals surface area contributed by atoms with Crippen LogP contribution in [0.25, 0.3) is 22.3 Å². The van der Waals surface area contributed by atoms with Crippen molar-refractivity contribution < 1.29 is 4.79 Å². The Morgan fingerprint density at radius 2 is 1.76 bits per heavy atom. The summed E-state index contributed by atoms with van der Waals surface area (Å²) in [4.78, 5) is 21.9. The van der Waals surface area contributed by atoms with E-state index in [0.717, 1.165) is 40.9 Å². The summed E-state index contributed by atoms with van der Waals surface area (Å²) in [5.41, 5.74) is 7.21. The first-order valence-corrected chi connectivity index (χ1v) is 11.1. The van der Waals surface area contributed by atoms with Gasteiger partial charge in [0.1, 0.15) is 0 Å². The van der Waals surface area contributed by atoms with Crippen molar-refractivity contribution in [2.24, 2.45) is 0 Å². The maximum Gasteiger partial charge on any atom is 0.258 e. The van der Waals surface area contributed by atoms with E-state index in [-0.39, 0.29) is 5.91 Å². The quantitative estimate of drug-likeness (QED) is 0.343. The van der Waals surface area contributed by atoms with Crippen LogP contribution in [0.15, 0.2) is 73.1 Å². The molecule has 3 aromatic carbocycles. The second kappa shape index (κ2) is 9.02. The number of carbonyl (C=O) groups is 1. The van der Waals surface area contributed by atoms with Gasteiger partial charge in [0, 0.05) is 40.8 Å². The number of amides is 1. The average Bonchev–Trinajstić information content (AvgIpc) is 3.16. The molecule has 5 rings (SSSR count). The fraction of sp³-hybridized carbons (Fsp3) is 0.115. The summed E-state index contributed by atoms with van der Waals surface area (Å²) in [5, 5.41) is 10.3. The summed E-state index contributed by atoms with van der Waals surface area (Å²) >= 11 is 6.16. The highest BCUT2D eigenvalue weighted by atomic mass is 35.5. The van der Waals surface area contributed by atoms with Gasteiger partial charge in [-0.05, 0) is 48.5 Å². The molecule has 1 aromatic heterocycles. The van der Waals surface area contributed by atoms with Crippen LogP contribution in [0.1, 0.15) is 23.6 Å². The van der Waals surface area contributed by atoms with Crippen LogP contribution < -0.4 is 16.0 Å². The third-order valence-electron chi connectivity index (χ3n) is 5.54. The third-order valence-corrected chi connectivity index (χ3v) is 5.77. The zero-order valence-corrected chi connectivity index (χ0v) is 18.8. The normalized spacial score (nSPS) is 14.2. The van der Waals surface area contributed by atoms with Crippen molar-refractivity contribution in [3.05, 3.63) is 94.8 Å². The molecule has 33 heavy (non-hydrogen) atoms. The number of carbonyl (C=O) groups excluding carboxylic acids is 1. The molecule has 7 heteroatoms. The molecule has 0 unspecified atom stereocenters. The summed E-state index contributed by atoms with van der Waals surface area (Å²) in [6.07, 6.45) is 3.33. The van der Waals surface area contributed by atoms with Crippen LogP contribution >= 0.6 is 11.6 Å². The molecule has 164 valence electrons. The summed E-state index contributed by atoms with van der Waals surface area (Å²) in [7, 11) is 0. The maximum atomic E-state index is 13.1. The van der Waals surface area contributed by atoms with Crippen molar-refractivity contribution in [1.29, 1.82) is 0 Å². The second-order valence-corrected chi connectivity index (χ2v) is 8.19. The number of fused-ring (bicyclic) bond motifs is 2. The number of hydrogen-bond acceptors (Lipinski definition) is 5. The average molecular weight is 456 g/mol. The van der Waals surface area contributed by atoms with Gasteiger partial charge < -0.3 is 16.0 Å². The van der Waals surface area contributed by atoms with Crippen LogP contribution in [0.4, 0.5) is 11.4 Å². The van der Waals surface area contributed by atoms with Crippen LogP contribution in [0, 0.1) is 0 Å². The monoisotopic (exact) mass is 455 g/mol. The van der Waals surface area contributed by atoms with E-state index in [4.69, 9.17) is 11.6 Å². The zero-order chi connectivity index (χ0) is 22.8. The number of nitrogens with one attached hydrogen (secondary N) is 3. The third kappa shape index (κ3) is 4.31. The first-order valence-electron chi connectivity index (χ1n) is 10.8. The lowest BCUT2D eigenvalue weighted by molar-refractivity contribution is -0.110. The standard InChI is InChI=1S/C26H22ClN5O/c1-2-28-15-16-3-7-19(8-4-16)31-25(17-5-10-21-23(13-17)30-12-11-29-21)24-20-9-6-18(27)14-22(20)32-26(24)33/h3-14,28,31H,2,15H2,1H3,(H,32,33). The minimum Gasteiger partial charge on any atom is -0.354 e. The number of aromatic nitrogens is 2. The smallest absolute Gasteiger partial charge is 0.258 e. The van der Waals surface area contributed by atoms with Crippen molar-refractivity contribution in [2.75, 3.05) is 17.2 Å². The topological polar surface area (TPSA) is 78.9 Å². The second-order valence-electron chi connectivity index (χ2n) is 7.76. The molecule has 1 aliphatic rings. The number of nitrogens with zero attached hydrogens (tertiary/aromatic N) is 2. The van der Waals surface area contributed by atoms with E-state index in [1.54, 1.807) is 24.5 Å². The van der Waals surface area contributed by atoms with E-state index in [2.05, 4.69) is 45.0 Å². The van der Waals surface area contributed by atoms with Crippen molar-refractivity contribution in [3.8, 4) is 0 Å². The Kier molecular flexibility index (Phi) is 5.77. The van der Waals surface area contributed by atoms with Gasteiger partial charge in [-0.2, -0.15) is 0 Å². The van der Waals surface area contributed by atoms with Gasteiger partial charge in [-0.15, -0.1) is 0 Å². The highest BCUT2D eigenvalue weighted by Crippen LogP contribution is 2.39. The molecule has 0 bridgehead atoms.